The second kappa shape index (κ2) is 9.26. The molecule has 2 heterocycles. The van der Waals surface area contributed by atoms with Crippen molar-refractivity contribution in [1.82, 2.24) is 10.2 Å². The molecule has 1 aliphatic rings. The lowest BCUT2D eigenvalue weighted by Gasteiger charge is -2.33. The summed E-state index contributed by atoms with van der Waals surface area (Å²) in [4.78, 5) is 14.8. The van der Waals surface area contributed by atoms with Crippen LogP contribution in [0, 0.1) is 6.92 Å². The molecule has 0 unspecified atom stereocenters. The molecular weight excluding hydrogens is 368 g/mol. The molecule has 0 aliphatic carbocycles. The zero-order chi connectivity index (χ0) is 19.2. The Morgan fingerprint density at radius 1 is 1.26 bits per heavy atom. The van der Waals surface area contributed by atoms with Crippen molar-refractivity contribution in [2.45, 2.75) is 26.0 Å². The van der Waals surface area contributed by atoms with Crippen molar-refractivity contribution in [3.63, 3.8) is 0 Å². The zero-order valence-electron chi connectivity index (χ0n) is 15.6. The van der Waals surface area contributed by atoms with Gasteiger partial charge in [-0.25, -0.2) is 0 Å². The van der Waals surface area contributed by atoms with Crippen LogP contribution in [0.25, 0.3) is 0 Å². The van der Waals surface area contributed by atoms with E-state index in [1.54, 1.807) is 19.1 Å². The number of carbonyl (C=O) groups is 1. The maximum Gasteiger partial charge on any atom is 0.260 e. The Kier molecular flexibility index (Phi) is 6.77. The molecule has 1 saturated heterocycles. The van der Waals surface area contributed by atoms with E-state index in [0.717, 1.165) is 24.6 Å². The van der Waals surface area contributed by atoms with Crippen LogP contribution in [0.5, 0.6) is 5.75 Å². The van der Waals surface area contributed by atoms with Crippen LogP contribution in [0.2, 0.25) is 5.02 Å². The molecule has 146 valence electrons. The summed E-state index contributed by atoms with van der Waals surface area (Å²) in [6, 6.07) is 11.0. The number of nitrogens with one attached hydrogen (secondary N) is 1. The van der Waals surface area contributed by atoms with E-state index in [-0.39, 0.29) is 11.9 Å². The Bertz CT molecular complexity index is 758. The second-order valence-electron chi connectivity index (χ2n) is 6.55. The normalized spacial score (nSPS) is 17.3. The molecule has 1 aromatic carbocycles. The lowest BCUT2D eigenvalue weighted by Crippen LogP contribution is -2.45. The number of furan rings is 1. The van der Waals surface area contributed by atoms with Crippen LogP contribution in [-0.4, -0.2) is 49.8 Å². The molecule has 6 nitrogen and oxygen atoms in total. The van der Waals surface area contributed by atoms with Crippen molar-refractivity contribution >= 4 is 17.5 Å². The Morgan fingerprint density at radius 3 is 2.67 bits per heavy atom. The summed E-state index contributed by atoms with van der Waals surface area (Å²) in [5.74, 6) is 1.99. The topological polar surface area (TPSA) is 63.9 Å². The molecule has 7 heteroatoms. The first-order chi connectivity index (χ1) is 13.0. The van der Waals surface area contributed by atoms with Crippen molar-refractivity contribution in [2.24, 2.45) is 0 Å². The van der Waals surface area contributed by atoms with Gasteiger partial charge in [-0.1, -0.05) is 23.7 Å². The van der Waals surface area contributed by atoms with E-state index in [1.807, 2.05) is 31.2 Å². The van der Waals surface area contributed by atoms with E-state index in [4.69, 9.17) is 25.5 Å². The number of ether oxygens (including phenoxy) is 2. The second-order valence-corrected chi connectivity index (χ2v) is 6.96. The van der Waals surface area contributed by atoms with Crippen LogP contribution in [0.4, 0.5) is 0 Å². The van der Waals surface area contributed by atoms with Gasteiger partial charge in [0.15, 0.2) is 6.10 Å². The van der Waals surface area contributed by atoms with Gasteiger partial charge < -0.3 is 19.2 Å². The number of morpholine rings is 1. The number of benzene rings is 1. The van der Waals surface area contributed by atoms with Gasteiger partial charge in [0.2, 0.25) is 0 Å². The summed E-state index contributed by atoms with van der Waals surface area (Å²) in [7, 11) is 0. The van der Waals surface area contributed by atoms with E-state index in [0.29, 0.717) is 30.5 Å². The maximum absolute atomic E-state index is 12.5. The minimum Gasteiger partial charge on any atom is -0.479 e. The molecule has 0 radical (unpaired) electrons. The molecule has 1 aromatic heterocycles. The maximum atomic E-state index is 12.5. The number of amides is 1. The van der Waals surface area contributed by atoms with Crippen LogP contribution in [-0.2, 0) is 9.53 Å². The molecule has 0 saturated carbocycles. The monoisotopic (exact) mass is 392 g/mol. The Labute approximate surface area is 164 Å². The molecule has 0 bridgehead atoms. The number of halogens is 1. The van der Waals surface area contributed by atoms with Crippen LogP contribution < -0.4 is 10.1 Å². The van der Waals surface area contributed by atoms with Crippen LogP contribution in [0.3, 0.4) is 0 Å². The van der Waals surface area contributed by atoms with Crippen molar-refractivity contribution in [3.8, 4) is 5.75 Å². The lowest BCUT2D eigenvalue weighted by molar-refractivity contribution is -0.127. The van der Waals surface area contributed by atoms with Gasteiger partial charge in [0, 0.05) is 19.6 Å². The van der Waals surface area contributed by atoms with Gasteiger partial charge in [-0.3, -0.25) is 9.69 Å². The molecule has 1 fully saturated rings. The molecule has 2 aromatic rings. The predicted molar refractivity (Wildman–Crippen MR) is 103 cm³/mol. The average Bonchev–Trinajstić information content (AvgIpc) is 3.10. The number of para-hydroxylation sites is 1. The molecule has 1 aliphatic heterocycles. The number of hydrogen-bond donors (Lipinski definition) is 1. The van der Waals surface area contributed by atoms with Gasteiger partial charge in [0.25, 0.3) is 5.91 Å². The third-order valence-corrected chi connectivity index (χ3v) is 4.87. The highest BCUT2D eigenvalue weighted by Gasteiger charge is 2.26. The van der Waals surface area contributed by atoms with Crippen molar-refractivity contribution < 1.29 is 18.7 Å². The summed E-state index contributed by atoms with van der Waals surface area (Å²) in [5.41, 5.74) is 0. The first-order valence-electron chi connectivity index (χ1n) is 9.11. The minimum absolute atomic E-state index is 0.0425. The SMILES string of the molecule is Cc1ccc([C@H](CNC(=O)[C@@H](C)Oc2ccccc2Cl)N2CCOCC2)o1. The summed E-state index contributed by atoms with van der Waals surface area (Å²) < 4.78 is 17.0. The number of carbonyl (C=O) groups excluding carboxylic acids is 1. The fraction of sp³-hybridized carbons (Fsp3) is 0.450. The first-order valence-corrected chi connectivity index (χ1v) is 9.49. The van der Waals surface area contributed by atoms with Crippen molar-refractivity contribution in [1.29, 1.82) is 0 Å². The summed E-state index contributed by atoms with van der Waals surface area (Å²) in [5, 5.41) is 3.46. The quantitative estimate of drug-likeness (QED) is 0.783. The highest BCUT2D eigenvalue weighted by Crippen LogP contribution is 2.25. The van der Waals surface area contributed by atoms with Gasteiger partial charge in [-0.2, -0.15) is 0 Å². The van der Waals surface area contributed by atoms with Gasteiger partial charge in [-0.15, -0.1) is 0 Å². The molecule has 2 atom stereocenters. The highest BCUT2D eigenvalue weighted by molar-refractivity contribution is 6.32. The van der Waals surface area contributed by atoms with Gasteiger partial charge >= 0.3 is 0 Å². The molecule has 3 rings (SSSR count). The number of nitrogens with zero attached hydrogens (tertiary/aromatic N) is 1. The smallest absolute Gasteiger partial charge is 0.260 e. The van der Waals surface area contributed by atoms with Crippen LogP contribution >= 0.6 is 11.6 Å². The van der Waals surface area contributed by atoms with Gasteiger partial charge in [0.1, 0.15) is 17.3 Å². The Balaban J connectivity index is 1.62. The summed E-state index contributed by atoms with van der Waals surface area (Å²) in [6.45, 7) is 7.00. The molecule has 1 amide bonds. The number of hydrogen-bond acceptors (Lipinski definition) is 5. The largest absolute Gasteiger partial charge is 0.479 e. The third kappa shape index (κ3) is 5.25. The summed E-state index contributed by atoms with van der Waals surface area (Å²) >= 11 is 6.10. The van der Waals surface area contributed by atoms with Gasteiger partial charge in [0.05, 0.1) is 24.3 Å². The standard InChI is InChI=1S/C20H25ClN2O4/c1-14-7-8-19(26-14)17(23-9-11-25-12-10-23)13-22-20(24)15(2)27-18-6-4-3-5-16(18)21/h3-8,15,17H,9-13H2,1-2H3,(H,22,24)/t15-,17+/m1/s1. The average molecular weight is 393 g/mol. The number of rotatable bonds is 7. The van der Waals surface area contributed by atoms with E-state index in [1.165, 1.54) is 0 Å². The molecule has 1 N–H and O–H groups in total. The van der Waals surface area contributed by atoms with E-state index < -0.39 is 6.10 Å². The van der Waals surface area contributed by atoms with Crippen LogP contribution in [0.15, 0.2) is 40.8 Å². The van der Waals surface area contributed by atoms with E-state index >= 15 is 0 Å². The van der Waals surface area contributed by atoms with E-state index in [2.05, 4.69) is 10.2 Å². The van der Waals surface area contributed by atoms with Crippen molar-refractivity contribution in [3.05, 3.63) is 52.9 Å². The zero-order valence-corrected chi connectivity index (χ0v) is 16.4. The van der Waals surface area contributed by atoms with E-state index in [9.17, 15) is 4.79 Å². The fourth-order valence-electron chi connectivity index (χ4n) is 3.06. The minimum atomic E-state index is -0.659. The number of aryl methyl sites for hydroxylation is 1. The Morgan fingerprint density at radius 2 is 2.00 bits per heavy atom. The van der Waals surface area contributed by atoms with Crippen LogP contribution in [0.1, 0.15) is 24.5 Å². The molecule has 27 heavy (non-hydrogen) atoms. The Hall–Kier alpha value is -2.02. The fourth-order valence-corrected chi connectivity index (χ4v) is 3.24. The predicted octanol–water partition coefficient (Wildman–Crippen LogP) is 3.20. The van der Waals surface area contributed by atoms with Gasteiger partial charge in [-0.05, 0) is 38.1 Å². The first kappa shape index (κ1) is 19.7. The molecular formula is C20H25ClN2O4. The highest BCUT2D eigenvalue weighted by atomic mass is 35.5. The lowest BCUT2D eigenvalue weighted by atomic mass is 10.1. The molecule has 0 spiro atoms. The summed E-state index contributed by atoms with van der Waals surface area (Å²) in [6.07, 6.45) is -0.659. The van der Waals surface area contributed by atoms with Crippen molar-refractivity contribution in [2.75, 3.05) is 32.8 Å². The third-order valence-electron chi connectivity index (χ3n) is 4.56.